The quantitative estimate of drug-likeness (QED) is 0.398. The van der Waals surface area contributed by atoms with Crippen LogP contribution in [-0.2, 0) is 0 Å². The molecule has 0 bridgehead atoms. The molecule has 1 aliphatic rings. The molecule has 164 valence electrons. The first kappa shape index (κ1) is 24.7. The van der Waals surface area contributed by atoms with Crippen LogP contribution in [0.5, 0.6) is 0 Å². The first-order valence-corrected chi connectivity index (χ1v) is 17.8. The van der Waals surface area contributed by atoms with Crippen LogP contribution >= 0.6 is 11.3 Å². The first-order chi connectivity index (χ1) is 13.0. The zero-order chi connectivity index (χ0) is 22.6. The van der Waals surface area contributed by atoms with Gasteiger partial charge in [0.05, 0.1) is 5.71 Å². The highest BCUT2D eigenvalue weighted by molar-refractivity contribution is 7.29. The predicted molar refractivity (Wildman–Crippen MR) is 140 cm³/mol. The van der Waals surface area contributed by atoms with Crippen LogP contribution < -0.4 is 4.50 Å². The summed E-state index contributed by atoms with van der Waals surface area (Å²) in [5, 5.41) is 0. The topological polar surface area (TPSA) is 24.7 Å². The SMILES string of the molecule is CC(C)[Si](c1ccc(C2=N/C(=N\[Si](C)(C)C)C(C)(C)C2(C)C)s1)(C(C)C)C(C)C. The molecule has 2 rings (SSSR count). The molecule has 2 heterocycles. The standard InChI is InChI=1S/C24H44N2SSi2/c1-16(2)29(17(3)4,18(5)6)20-15-14-19(27-20)21-23(7,8)24(9,10)22(25-21)26-28(11,12)13/h14-18H,1-13H3/b26-22-. The molecule has 0 spiro atoms. The Hall–Kier alpha value is -0.526. The fourth-order valence-corrected chi connectivity index (χ4v) is 16.5. The number of amidine groups is 1. The van der Waals surface area contributed by atoms with Crippen molar-refractivity contribution in [2.45, 2.75) is 106 Å². The van der Waals surface area contributed by atoms with Crippen LogP contribution in [0.25, 0.3) is 0 Å². The molecule has 1 aromatic rings. The Balaban J connectivity index is 2.64. The minimum atomic E-state index is -1.63. The van der Waals surface area contributed by atoms with Crippen LogP contribution in [0.15, 0.2) is 21.8 Å². The summed E-state index contributed by atoms with van der Waals surface area (Å²) >= 11 is 2.03. The van der Waals surface area contributed by atoms with E-state index in [1.807, 2.05) is 11.3 Å². The highest BCUT2D eigenvalue weighted by Gasteiger charge is 2.52. The highest BCUT2D eigenvalue weighted by atomic mass is 32.1. The second-order valence-corrected chi connectivity index (χ2v) is 23.8. The summed E-state index contributed by atoms with van der Waals surface area (Å²) in [5.74, 6) is 1.06. The largest absolute Gasteiger partial charge is 0.309 e. The third kappa shape index (κ3) is 4.03. The van der Waals surface area contributed by atoms with E-state index in [0.29, 0.717) is 0 Å². The van der Waals surface area contributed by atoms with Gasteiger partial charge in [0.25, 0.3) is 0 Å². The van der Waals surface area contributed by atoms with Gasteiger partial charge in [-0.3, -0.25) is 0 Å². The lowest BCUT2D eigenvalue weighted by Gasteiger charge is -2.42. The lowest BCUT2D eigenvalue weighted by Crippen LogP contribution is -2.54. The lowest BCUT2D eigenvalue weighted by atomic mass is 9.66. The van der Waals surface area contributed by atoms with Crippen LogP contribution in [-0.4, -0.2) is 27.9 Å². The van der Waals surface area contributed by atoms with Gasteiger partial charge in [0, 0.05) is 15.7 Å². The van der Waals surface area contributed by atoms with Crippen LogP contribution in [0.1, 0.15) is 74.1 Å². The average Bonchev–Trinajstić information content (AvgIpc) is 3.03. The number of hydrogen-bond acceptors (Lipinski definition) is 2. The van der Waals surface area contributed by atoms with Crippen molar-refractivity contribution >= 4 is 43.7 Å². The van der Waals surface area contributed by atoms with Gasteiger partial charge in [-0.1, -0.05) is 75.3 Å². The molecule has 0 aliphatic carbocycles. The van der Waals surface area contributed by atoms with Crippen molar-refractivity contribution < 1.29 is 0 Å². The van der Waals surface area contributed by atoms with Crippen LogP contribution in [0, 0.1) is 10.8 Å². The van der Waals surface area contributed by atoms with Gasteiger partial charge in [0.1, 0.15) is 13.9 Å². The van der Waals surface area contributed by atoms with E-state index in [2.05, 4.69) is 101 Å². The van der Waals surface area contributed by atoms with E-state index in [1.165, 1.54) is 10.6 Å². The maximum atomic E-state index is 5.21. The monoisotopic (exact) mass is 448 g/mol. The zero-order valence-corrected chi connectivity index (χ0v) is 24.0. The van der Waals surface area contributed by atoms with E-state index >= 15 is 0 Å². The summed E-state index contributed by atoms with van der Waals surface area (Å²) < 4.78 is 6.81. The lowest BCUT2D eigenvalue weighted by molar-refractivity contribution is 0.299. The van der Waals surface area contributed by atoms with E-state index in [-0.39, 0.29) is 10.8 Å². The molecule has 0 saturated carbocycles. The van der Waals surface area contributed by atoms with Crippen LogP contribution in [0.4, 0.5) is 0 Å². The van der Waals surface area contributed by atoms with E-state index in [9.17, 15) is 0 Å². The number of hydrogen-bond donors (Lipinski definition) is 0. The van der Waals surface area contributed by atoms with Gasteiger partial charge in [-0.25, -0.2) is 4.99 Å². The predicted octanol–water partition coefficient (Wildman–Crippen LogP) is 7.72. The van der Waals surface area contributed by atoms with Crippen molar-refractivity contribution in [3.05, 3.63) is 17.0 Å². The van der Waals surface area contributed by atoms with Gasteiger partial charge in [0.2, 0.25) is 0 Å². The molecular weight excluding hydrogens is 405 g/mol. The number of aliphatic imine (C=N–C) groups is 1. The molecule has 0 saturated heterocycles. The summed E-state index contributed by atoms with van der Waals surface area (Å²) in [6, 6.07) is 4.81. The Morgan fingerprint density at radius 2 is 1.31 bits per heavy atom. The number of rotatable bonds is 6. The second kappa shape index (κ2) is 7.87. The van der Waals surface area contributed by atoms with E-state index in [0.717, 1.165) is 22.5 Å². The van der Waals surface area contributed by atoms with Crippen molar-refractivity contribution in [1.29, 1.82) is 0 Å². The van der Waals surface area contributed by atoms with E-state index in [4.69, 9.17) is 9.65 Å². The Kier molecular flexibility index (Phi) is 6.71. The van der Waals surface area contributed by atoms with Crippen molar-refractivity contribution in [3.63, 3.8) is 0 Å². The molecule has 1 aromatic heterocycles. The molecule has 0 unspecified atom stereocenters. The molecule has 1 aliphatic heterocycles. The zero-order valence-electron chi connectivity index (χ0n) is 21.2. The fraction of sp³-hybridized carbons (Fsp3) is 0.750. The van der Waals surface area contributed by atoms with Crippen LogP contribution in [0.2, 0.25) is 36.3 Å². The number of nitrogens with zero attached hydrogens (tertiary/aromatic N) is 2. The minimum absolute atomic E-state index is 0.0225. The highest BCUT2D eigenvalue weighted by Crippen LogP contribution is 2.49. The maximum absolute atomic E-state index is 5.21. The van der Waals surface area contributed by atoms with Gasteiger partial charge in [0.15, 0.2) is 8.24 Å². The molecule has 0 N–H and O–H groups in total. The summed E-state index contributed by atoms with van der Waals surface area (Å²) in [4.78, 5) is 6.57. The van der Waals surface area contributed by atoms with Crippen molar-refractivity contribution in [2.24, 2.45) is 20.5 Å². The summed E-state index contributed by atoms with van der Waals surface area (Å²) in [7, 11) is -3.21. The molecular formula is C24H44N2SSi2. The molecule has 0 radical (unpaired) electrons. The Labute approximate surface area is 186 Å². The van der Waals surface area contributed by atoms with Crippen molar-refractivity contribution in [2.75, 3.05) is 0 Å². The van der Waals surface area contributed by atoms with E-state index < -0.39 is 16.3 Å². The molecule has 29 heavy (non-hydrogen) atoms. The molecule has 0 aromatic carbocycles. The van der Waals surface area contributed by atoms with Gasteiger partial charge in [-0.15, -0.1) is 11.3 Å². The molecule has 0 amide bonds. The summed E-state index contributed by atoms with van der Waals surface area (Å²) in [6.07, 6.45) is 0. The van der Waals surface area contributed by atoms with Gasteiger partial charge in [-0.05, 0) is 46.8 Å². The Morgan fingerprint density at radius 1 is 0.828 bits per heavy atom. The Morgan fingerprint density at radius 3 is 1.72 bits per heavy atom. The molecule has 0 fully saturated rings. The second-order valence-electron chi connectivity index (χ2n) is 11.9. The van der Waals surface area contributed by atoms with Crippen LogP contribution in [0.3, 0.4) is 0 Å². The van der Waals surface area contributed by atoms with Gasteiger partial charge >= 0.3 is 0 Å². The van der Waals surface area contributed by atoms with Crippen molar-refractivity contribution in [3.8, 4) is 0 Å². The number of thiophene rings is 1. The summed E-state index contributed by atoms with van der Waals surface area (Å²) in [6.45, 7) is 31.0. The first-order valence-electron chi connectivity index (χ1n) is 11.3. The third-order valence-corrected chi connectivity index (χ3v) is 17.4. The van der Waals surface area contributed by atoms with Gasteiger partial charge in [-0.2, -0.15) is 0 Å². The van der Waals surface area contributed by atoms with Gasteiger partial charge < -0.3 is 4.66 Å². The Bertz CT molecular complexity index is 783. The third-order valence-electron chi connectivity index (χ3n) is 7.50. The smallest absolute Gasteiger partial charge is 0.174 e. The minimum Gasteiger partial charge on any atom is -0.309 e. The molecule has 2 nitrogen and oxygen atoms in total. The van der Waals surface area contributed by atoms with Crippen molar-refractivity contribution in [1.82, 2.24) is 0 Å². The average molecular weight is 449 g/mol. The molecule has 0 atom stereocenters. The molecule has 5 heteroatoms. The fourth-order valence-electron chi connectivity index (χ4n) is 5.36. The normalized spacial score (nSPS) is 21.0. The maximum Gasteiger partial charge on any atom is 0.174 e. The summed E-state index contributed by atoms with van der Waals surface area (Å²) in [5.41, 5.74) is 3.37. The van der Waals surface area contributed by atoms with E-state index in [1.54, 1.807) is 4.50 Å².